The van der Waals surface area contributed by atoms with Gasteiger partial charge in [-0.25, -0.2) is 9.59 Å². The highest BCUT2D eigenvalue weighted by atomic mass is 16.6. The second-order valence-electron chi connectivity index (χ2n) is 4.96. The van der Waals surface area contributed by atoms with Crippen LogP contribution in [-0.2, 0) is 19.1 Å². The van der Waals surface area contributed by atoms with Crippen LogP contribution in [0.25, 0.3) is 0 Å². The number of para-hydroxylation sites is 1. The van der Waals surface area contributed by atoms with Crippen LogP contribution in [0.15, 0.2) is 54.6 Å². The molecule has 1 aliphatic rings. The summed E-state index contributed by atoms with van der Waals surface area (Å²) >= 11 is 0. The van der Waals surface area contributed by atoms with E-state index in [-0.39, 0.29) is 0 Å². The minimum Gasteiger partial charge on any atom is -0.468 e. The van der Waals surface area contributed by atoms with Gasteiger partial charge in [-0.05, 0) is 24.3 Å². The first kappa shape index (κ1) is 17.3. The monoisotopic (exact) mass is 331 g/mol. The Bertz CT molecular complexity index is 666. The molecule has 0 saturated carbocycles. The van der Waals surface area contributed by atoms with Crippen LogP contribution in [0.2, 0.25) is 0 Å². The zero-order valence-corrected chi connectivity index (χ0v) is 13.2. The predicted octanol–water partition coefficient (Wildman–Crippen LogP) is 1.60. The van der Waals surface area contributed by atoms with Gasteiger partial charge in [0.05, 0.1) is 20.1 Å². The standard InChI is InChI=1S/C17H17NO6/c1-22-14(19)12-8-10-17(11-9-12,15(20)23-2)18-16(21)24-13-6-4-3-5-7-13/h3-12H,1-2H3,(H,18,21). The summed E-state index contributed by atoms with van der Waals surface area (Å²) in [5, 5.41) is 2.45. The molecule has 0 aliphatic heterocycles. The minimum atomic E-state index is -1.55. The average Bonchev–Trinajstić information content (AvgIpc) is 2.61. The van der Waals surface area contributed by atoms with Crippen LogP contribution in [0.3, 0.4) is 0 Å². The highest BCUT2D eigenvalue weighted by Gasteiger charge is 2.39. The molecule has 7 heteroatoms. The minimum absolute atomic E-state index is 0.325. The zero-order chi connectivity index (χ0) is 17.6. The third kappa shape index (κ3) is 3.81. The first-order chi connectivity index (χ1) is 11.5. The van der Waals surface area contributed by atoms with Gasteiger partial charge in [-0.1, -0.05) is 30.4 Å². The maximum absolute atomic E-state index is 12.1. The molecule has 0 saturated heterocycles. The average molecular weight is 331 g/mol. The van der Waals surface area contributed by atoms with E-state index in [1.807, 2.05) is 0 Å². The Morgan fingerprint density at radius 3 is 2.17 bits per heavy atom. The van der Waals surface area contributed by atoms with Crippen LogP contribution in [0, 0.1) is 5.92 Å². The molecule has 0 radical (unpaired) electrons. The lowest BCUT2D eigenvalue weighted by Gasteiger charge is -2.28. The van der Waals surface area contributed by atoms with E-state index in [4.69, 9.17) is 9.47 Å². The van der Waals surface area contributed by atoms with E-state index in [0.29, 0.717) is 5.75 Å². The van der Waals surface area contributed by atoms with Gasteiger partial charge in [-0.2, -0.15) is 0 Å². The second kappa shape index (κ2) is 7.45. The number of carbonyl (C=O) groups is 3. The molecule has 1 N–H and O–H groups in total. The summed E-state index contributed by atoms with van der Waals surface area (Å²) in [5.74, 6) is -1.51. The van der Waals surface area contributed by atoms with Crippen LogP contribution in [-0.4, -0.2) is 37.8 Å². The number of hydrogen-bond donors (Lipinski definition) is 1. The summed E-state index contributed by atoms with van der Waals surface area (Å²) < 4.78 is 14.5. The van der Waals surface area contributed by atoms with Crippen molar-refractivity contribution in [3.63, 3.8) is 0 Å². The molecule has 7 nitrogen and oxygen atoms in total. The third-order valence-corrected chi connectivity index (χ3v) is 3.39. The maximum Gasteiger partial charge on any atom is 0.414 e. The summed E-state index contributed by atoms with van der Waals surface area (Å²) in [7, 11) is 2.46. The summed E-state index contributed by atoms with van der Waals surface area (Å²) in [4.78, 5) is 35.7. The van der Waals surface area contributed by atoms with E-state index in [1.54, 1.807) is 30.3 Å². The fourth-order valence-corrected chi connectivity index (χ4v) is 2.15. The first-order valence-corrected chi connectivity index (χ1v) is 7.11. The van der Waals surface area contributed by atoms with E-state index >= 15 is 0 Å². The highest BCUT2D eigenvalue weighted by molar-refractivity contribution is 5.92. The van der Waals surface area contributed by atoms with Crippen molar-refractivity contribution in [2.45, 2.75) is 5.54 Å². The third-order valence-electron chi connectivity index (χ3n) is 3.39. The van der Waals surface area contributed by atoms with Gasteiger partial charge in [0.15, 0.2) is 5.54 Å². The van der Waals surface area contributed by atoms with E-state index in [0.717, 1.165) is 0 Å². The summed E-state index contributed by atoms with van der Waals surface area (Å²) in [6, 6.07) is 8.40. The highest BCUT2D eigenvalue weighted by Crippen LogP contribution is 2.22. The summed E-state index contributed by atoms with van der Waals surface area (Å²) in [5.41, 5.74) is -1.55. The molecule has 0 spiro atoms. The normalized spacial score (nSPS) is 21.7. The number of methoxy groups -OCH3 is 2. The first-order valence-electron chi connectivity index (χ1n) is 7.11. The number of benzene rings is 1. The Kier molecular flexibility index (Phi) is 5.36. The van der Waals surface area contributed by atoms with Crippen molar-refractivity contribution in [3.8, 4) is 5.75 Å². The number of amides is 1. The summed E-state index contributed by atoms with van der Waals surface area (Å²) in [6.45, 7) is 0. The fourth-order valence-electron chi connectivity index (χ4n) is 2.15. The second-order valence-corrected chi connectivity index (χ2v) is 4.96. The molecule has 2 rings (SSSR count). The Hall–Kier alpha value is -3.09. The molecule has 1 aromatic rings. The lowest BCUT2D eigenvalue weighted by molar-refractivity contribution is -0.145. The van der Waals surface area contributed by atoms with Crippen molar-refractivity contribution in [1.29, 1.82) is 0 Å². The molecule has 0 heterocycles. The quantitative estimate of drug-likeness (QED) is 0.666. The number of nitrogens with one attached hydrogen (secondary N) is 1. The van der Waals surface area contributed by atoms with Crippen LogP contribution in [0.4, 0.5) is 4.79 Å². The molecule has 0 fully saturated rings. The number of ether oxygens (including phenoxy) is 3. The zero-order valence-electron chi connectivity index (χ0n) is 13.2. The van der Waals surface area contributed by atoms with Gasteiger partial charge in [0.2, 0.25) is 0 Å². The lowest BCUT2D eigenvalue weighted by Crippen LogP contribution is -2.54. The van der Waals surface area contributed by atoms with Gasteiger partial charge in [0, 0.05) is 0 Å². The van der Waals surface area contributed by atoms with E-state index in [1.165, 1.54) is 38.5 Å². The van der Waals surface area contributed by atoms with Crippen molar-refractivity contribution >= 4 is 18.0 Å². The Morgan fingerprint density at radius 1 is 1.00 bits per heavy atom. The van der Waals surface area contributed by atoms with Gasteiger partial charge in [-0.15, -0.1) is 0 Å². The van der Waals surface area contributed by atoms with Gasteiger partial charge in [0.25, 0.3) is 0 Å². The smallest absolute Gasteiger partial charge is 0.414 e. The molecular formula is C17H17NO6. The Labute approximate surface area is 138 Å². The summed E-state index contributed by atoms with van der Waals surface area (Å²) in [6.07, 6.45) is 4.80. The molecule has 1 aromatic carbocycles. The Balaban J connectivity index is 2.15. The van der Waals surface area contributed by atoms with E-state index < -0.39 is 29.5 Å². The maximum atomic E-state index is 12.1. The van der Waals surface area contributed by atoms with Gasteiger partial charge >= 0.3 is 18.0 Å². The number of carbonyl (C=O) groups excluding carboxylic acids is 3. The van der Waals surface area contributed by atoms with Gasteiger partial charge in [-0.3, -0.25) is 10.1 Å². The predicted molar refractivity (Wildman–Crippen MR) is 84.1 cm³/mol. The van der Waals surface area contributed by atoms with Crippen molar-refractivity contribution in [1.82, 2.24) is 5.32 Å². The molecule has 1 amide bonds. The van der Waals surface area contributed by atoms with Crippen molar-refractivity contribution in [3.05, 3.63) is 54.6 Å². The lowest BCUT2D eigenvalue weighted by atomic mass is 9.89. The molecule has 0 bridgehead atoms. The van der Waals surface area contributed by atoms with E-state index in [9.17, 15) is 14.4 Å². The topological polar surface area (TPSA) is 90.9 Å². The largest absolute Gasteiger partial charge is 0.468 e. The molecule has 1 aliphatic carbocycles. The molecule has 24 heavy (non-hydrogen) atoms. The van der Waals surface area contributed by atoms with Crippen molar-refractivity contribution < 1.29 is 28.6 Å². The van der Waals surface area contributed by atoms with Crippen molar-refractivity contribution in [2.75, 3.05) is 14.2 Å². The number of rotatable bonds is 4. The van der Waals surface area contributed by atoms with E-state index in [2.05, 4.69) is 10.1 Å². The van der Waals surface area contributed by atoms with Crippen molar-refractivity contribution in [2.24, 2.45) is 5.92 Å². The Morgan fingerprint density at radius 2 is 1.62 bits per heavy atom. The van der Waals surface area contributed by atoms with Gasteiger partial charge < -0.3 is 14.2 Å². The van der Waals surface area contributed by atoms with Crippen LogP contribution in [0.5, 0.6) is 5.75 Å². The van der Waals surface area contributed by atoms with Crippen LogP contribution < -0.4 is 10.1 Å². The van der Waals surface area contributed by atoms with Crippen LogP contribution >= 0.6 is 0 Å². The molecule has 0 atom stereocenters. The SMILES string of the molecule is COC(=O)C1C=CC(NC(=O)Oc2ccccc2)(C(=O)OC)C=C1. The number of hydrogen-bond acceptors (Lipinski definition) is 6. The molecule has 0 aromatic heterocycles. The molecule has 0 unspecified atom stereocenters. The van der Waals surface area contributed by atoms with Gasteiger partial charge in [0.1, 0.15) is 5.75 Å². The fraction of sp³-hybridized carbons (Fsp3) is 0.235. The number of esters is 2. The molecule has 126 valence electrons. The van der Waals surface area contributed by atoms with Crippen LogP contribution in [0.1, 0.15) is 0 Å². The molecular weight excluding hydrogens is 314 g/mol.